The molecule has 4 heterocycles. The molecule has 4 N–H and O–H groups in total. The Morgan fingerprint density at radius 1 is 1.33 bits per heavy atom. The Kier molecular flexibility index (Phi) is 5.75. The summed E-state index contributed by atoms with van der Waals surface area (Å²) in [4.78, 5) is 11.5. The van der Waals surface area contributed by atoms with Crippen molar-refractivity contribution in [2.45, 2.75) is 89.0 Å². The van der Waals surface area contributed by atoms with Crippen LogP contribution >= 0.6 is 0 Å². The van der Waals surface area contributed by atoms with Crippen molar-refractivity contribution in [3.05, 3.63) is 12.3 Å². The fourth-order valence-corrected chi connectivity index (χ4v) is 4.75. The van der Waals surface area contributed by atoms with Crippen LogP contribution in [0.25, 0.3) is 0 Å². The summed E-state index contributed by atoms with van der Waals surface area (Å²) in [5.41, 5.74) is 0.289. The summed E-state index contributed by atoms with van der Waals surface area (Å²) in [5, 5.41) is 21.9. The van der Waals surface area contributed by atoms with Crippen LogP contribution in [0.5, 0.6) is 0 Å². The van der Waals surface area contributed by atoms with Crippen molar-refractivity contribution in [2.75, 3.05) is 5.32 Å². The predicted octanol–water partition coefficient (Wildman–Crippen LogP) is 3.37. The SMILES string of the molecule is CC1=NC(CC(=N)CCC(C)(F)F)NC(N2C3CCC2CC(Nc2ccn[nH]2)C3)=N1. The van der Waals surface area contributed by atoms with Crippen molar-refractivity contribution in [3.63, 3.8) is 0 Å². The van der Waals surface area contributed by atoms with Gasteiger partial charge in [0, 0.05) is 36.7 Å². The molecule has 0 aromatic carbocycles. The van der Waals surface area contributed by atoms with Crippen LogP contribution < -0.4 is 10.6 Å². The summed E-state index contributed by atoms with van der Waals surface area (Å²) in [6.45, 7) is 2.75. The van der Waals surface area contributed by atoms with E-state index in [1.165, 1.54) is 0 Å². The van der Waals surface area contributed by atoms with Crippen LogP contribution in [0.4, 0.5) is 14.6 Å². The van der Waals surface area contributed by atoms with E-state index in [1.54, 1.807) is 6.20 Å². The van der Waals surface area contributed by atoms with E-state index < -0.39 is 5.92 Å². The van der Waals surface area contributed by atoms with E-state index in [-0.39, 0.29) is 24.7 Å². The van der Waals surface area contributed by atoms with E-state index in [4.69, 9.17) is 5.41 Å². The van der Waals surface area contributed by atoms with Crippen LogP contribution in [0, 0.1) is 5.41 Å². The van der Waals surface area contributed by atoms with Crippen molar-refractivity contribution >= 4 is 23.3 Å². The predicted molar refractivity (Wildman–Crippen MR) is 114 cm³/mol. The fraction of sp³-hybridized carbons (Fsp3) is 0.700. The van der Waals surface area contributed by atoms with E-state index in [0.717, 1.165) is 44.4 Å². The van der Waals surface area contributed by atoms with Gasteiger partial charge < -0.3 is 20.9 Å². The molecule has 0 aliphatic carbocycles. The Hall–Kier alpha value is -2.52. The number of nitrogens with one attached hydrogen (secondary N) is 4. The normalized spacial score (nSPS) is 28.6. The number of amidine groups is 1. The first kappa shape index (κ1) is 20.7. The highest BCUT2D eigenvalue weighted by Gasteiger charge is 2.43. The lowest BCUT2D eigenvalue weighted by Crippen LogP contribution is -2.56. The number of fused-ring (bicyclic) bond motifs is 2. The topological polar surface area (TPSA) is 105 Å². The van der Waals surface area contributed by atoms with Crippen molar-refractivity contribution in [2.24, 2.45) is 9.98 Å². The number of anilines is 1. The third-order valence-electron chi connectivity index (χ3n) is 6.05. The zero-order chi connectivity index (χ0) is 21.3. The van der Waals surface area contributed by atoms with Crippen molar-refractivity contribution in [1.82, 2.24) is 20.4 Å². The van der Waals surface area contributed by atoms with Gasteiger partial charge in [0.25, 0.3) is 0 Å². The number of nitrogens with zero attached hydrogens (tertiary/aromatic N) is 4. The van der Waals surface area contributed by atoms with Gasteiger partial charge in [-0.1, -0.05) is 0 Å². The van der Waals surface area contributed by atoms with Crippen molar-refractivity contribution < 1.29 is 8.78 Å². The molecule has 1 aromatic heterocycles. The van der Waals surface area contributed by atoms with Crippen LogP contribution in [-0.2, 0) is 0 Å². The molecule has 2 fully saturated rings. The maximum absolute atomic E-state index is 13.1. The largest absolute Gasteiger partial charge is 0.368 e. The summed E-state index contributed by atoms with van der Waals surface area (Å²) < 4.78 is 26.2. The Bertz CT molecular complexity index is 799. The molecule has 3 atom stereocenters. The van der Waals surface area contributed by atoms with Gasteiger partial charge in [-0.3, -0.25) is 5.10 Å². The van der Waals surface area contributed by atoms with Crippen LogP contribution in [0.1, 0.15) is 58.8 Å². The standard InChI is InChI=1S/C20H30F2N8/c1-12-25-18(9-13(23)5-7-20(2,21)22)28-19(26-12)30-15-3-4-16(30)11-14(10-15)27-17-6-8-24-29-17/h6,8,14-16,18,23H,3-5,7,9-11H2,1-2H3,(H2,24,27,29)(H,25,26,28). The van der Waals surface area contributed by atoms with Crippen molar-refractivity contribution in [1.29, 1.82) is 5.41 Å². The first-order chi connectivity index (χ1) is 14.3. The lowest BCUT2D eigenvalue weighted by atomic mass is 9.97. The minimum absolute atomic E-state index is 0.0820. The molecule has 0 spiro atoms. The molecule has 30 heavy (non-hydrogen) atoms. The molecule has 2 saturated heterocycles. The molecule has 4 rings (SSSR count). The van der Waals surface area contributed by atoms with E-state index in [9.17, 15) is 8.78 Å². The lowest BCUT2D eigenvalue weighted by Gasteiger charge is -2.42. The number of alkyl halides is 2. The Balaban J connectivity index is 1.36. The molecule has 3 unspecified atom stereocenters. The number of hydrogen-bond donors (Lipinski definition) is 4. The van der Waals surface area contributed by atoms with Gasteiger partial charge in [0.1, 0.15) is 17.8 Å². The maximum atomic E-state index is 13.1. The molecular weight excluding hydrogens is 390 g/mol. The highest BCUT2D eigenvalue weighted by atomic mass is 19.3. The smallest absolute Gasteiger partial charge is 0.245 e. The summed E-state index contributed by atoms with van der Waals surface area (Å²) in [6.07, 6.45) is 5.78. The minimum Gasteiger partial charge on any atom is -0.368 e. The van der Waals surface area contributed by atoms with E-state index >= 15 is 0 Å². The molecule has 10 heteroatoms. The highest BCUT2D eigenvalue weighted by molar-refractivity contribution is 5.97. The van der Waals surface area contributed by atoms with Crippen molar-refractivity contribution in [3.8, 4) is 0 Å². The highest BCUT2D eigenvalue weighted by Crippen LogP contribution is 2.37. The molecule has 8 nitrogen and oxygen atoms in total. The van der Waals surface area contributed by atoms with Gasteiger partial charge in [-0.15, -0.1) is 0 Å². The second kappa shape index (κ2) is 8.31. The fourth-order valence-electron chi connectivity index (χ4n) is 4.75. The zero-order valence-electron chi connectivity index (χ0n) is 17.5. The van der Waals surface area contributed by atoms with Gasteiger partial charge >= 0.3 is 0 Å². The maximum Gasteiger partial charge on any atom is 0.245 e. The summed E-state index contributed by atoms with van der Waals surface area (Å²) in [6, 6.07) is 3.10. The van der Waals surface area contributed by atoms with E-state index in [0.29, 0.717) is 30.4 Å². The molecule has 1 aromatic rings. The molecule has 3 aliphatic heterocycles. The number of H-pyrrole nitrogens is 1. The number of guanidine groups is 1. The second-order valence-electron chi connectivity index (χ2n) is 8.72. The van der Waals surface area contributed by atoms with Crippen LogP contribution in [0.2, 0.25) is 0 Å². The van der Waals surface area contributed by atoms with Gasteiger partial charge in [-0.05, 0) is 52.0 Å². The van der Waals surface area contributed by atoms with Gasteiger partial charge in [0.15, 0.2) is 0 Å². The number of aliphatic imine (C=N–C) groups is 2. The first-order valence-electron chi connectivity index (χ1n) is 10.6. The molecule has 2 bridgehead atoms. The number of rotatable bonds is 7. The molecule has 3 aliphatic rings. The van der Waals surface area contributed by atoms with Gasteiger partial charge in [0.2, 0.25) is 11.9 Å². The quantitative estimate of drug-likeness (QED) is 0.508. The first-order valence-corrected chi connectivity index (χ1v) is 10.6. The van der Waals surface area contributed by atoms with Crippen LogP contribution in [0.15, 0.2) is 22.2 Å². The third kappa shape index (κ3) is 4.96. The molecular formula is C20H30F2N8. The number of halogens is 2. The second-order valence-corrected chi connectivity index (χ2v) is 8.72. The molecule has 0 amide bonds. The monoisotopic (exact) mass is 420 g/mol. The zero-order valence-corrected chi connectivity index (χ0v) is 17.5. The van der Waals surface area contributed by atoms with Gasteiger partial charge in [-0.25, -0.2) is 18.8 Å². The Morgan fingerprint density at radius 2 is 2.07 bits per heavy atom. The molecule has 164 valence electrons. The Labute approximate surface area is 175 Å². The van der Waals surface area contributed by atoms with E-state index in [2.05, 4.69) is 35.7 Å². The average Bonchev–Trinajstić information content (AvgIpc) is 3.25. The number of hydrogen-bond acceptors (Lipinski definition) is 7. The average molecular weight is 421 g/mol. The molecule has 0 radical (unpaired) electrons. The van der Waals surface area contributed by atoms with Gasteiger partial charge in [0.05, 0.1) is 6.20 Å². The van der Waals surface area contributed by atoms with Crippen LogP contribution in [0.3, 0.4) is 0 Å². The Morgan fingerprint density at radius 3 is 2.70 bits per heavy atom. The van der Waals surface area contributed by atoms with E-state index in [1.807, 2.05) is 13.0 Å². The third-order valence-corrected chi connectivity index (χ3v) is 6.05. The molecule has 0 saturated carbocycles. The number of aromatic amines is 1. The van der Waals surface area contributed by atoms with Gasteiger partial charge in [-0.2, -0.15) is 5.10 Å². The number of piperidine rings is 1. The summed E-state index contributed by atoms with van der Waals surface area (Å²) in [7, 11) is 0. The lowest BCUT2D eigenvalue weighted by molar-refractivity contribution is 0.0149. The summed E-state index contributed by atoms with van der Waals surface area (Å²) in [5.74, 6) is -0.320. The summed E-state index contributed by atoms with van der Waals surface area (Å²) >= 11 is 0. The minimum atomic E-state index is -2.74. The number of aromatic nitrogens is 2. The van der Waals surface area contributed by atoms with Crippen LogP contribution in [-0.4, -0.2) is 62.8 Å².